The molecule has 0 aromatic carbocycles. The van der Waals surface area contributed by atoms with Crippen molar-refractivity contribution in [3.63, 3.8) is 0 Å². The number of hydrogen-bond acceptors (Lipinski definition) is 3. The van der Waals surface area contributed by atoms with Crippen LogP contribution >= 0.6 is 0 Å². The first kappa shape index (κ1) is 15.2. The second-order valence-electron chi connectivity index (χ2n) is 5.95. The molecule has 3 unspecified atom stereocenters. The van der Waals surface area contributed by atoms with E-state index in [9.17, 15) is 4.79 Å². The van der Waals surface area contributed by atoms with Crippen molar-refractivity contribution in [2.75, 3.05) is 13.7 Å². The van der Waals surface area contributed by atoms with Crippen molar-refractivity contribution in [3.8, 4) is 0 Å². The molecule has 0 aromatic heterocycles. The summed E-state index contributed by atoms with van der Waals surface area (Å²) in [6.07, 6.45) is 4.70. The summed E-state index contributed by atoms with van der Waals surface area (Å²) in [7, 11) is 1.45. The summed E-state index contributed by atoms with van der Waals surface area (Å²) in [5.41, 5.74) is 1.47. The van der Waals surface area contributed by atoms with Crippen LogP contribution in [0.25, 0.3) is 0 Å². The largest absolute Gasteiger partial charge is 0.468 e. The maximum absolute atomic E-state index is 11.7. The topological polar surface area (TPSA) is 38.3 Å². The predicted molar refractivity (Wildman–Crippen MR) is 74.3 cm³/mol. The van der Waals surface area contributed by atoms with E-state index in [1.807, 2.05) is 13.8 Å². The molecule has 104 valence electrons. The van der Waals surface area contributed by atoms with Gasteiger partial charge in [-0.2, -0.15) is 0 Å². The fraction of sp³-hybridized carbons (Fsp3) is 0.800. The van der Waals surface area contributed by atoms with E-state index < -0.39 is 0 Å². The number of nitrogens with one attached hydrogen (secondary N) is 1. The van der Waals surface area contributed by atoms with E-state index in [1.165, 1.54) is 19.1 Å². The Labute approximate surface area is 111 Å². The number of methoxy groups -OCH3 is 1. The van der Waals surface area contributed by atoms with Crippen LogP contribution in [-0.4, -0.2) is 25.7 Å². The van der Waals surface area contributed by atoms with Gasteiger partial charge in [0.15, 0.2) is 0 Å². The average Bonchev–Trinajstić information content (AvgIpc) is 2.27. The number of ether oxygens (including phenoxy) is 1. The van der Waals surface area contributed by atoms with E-state index in [0.717, 1.165) is 13.0 Å². The van der Waals surface area contributed by atoms with Crippen molar-refractivity contribution in [1.29, 1.82) is 0 Å². The monoisotopic (exact) mass is 253 g/mol. The van der Waals surface area contributed by atoms with Gasteiger partial charge in [0.1, 0.15) is 6.04 Å². The van der Waals surface area contributed by atoms with Gasteiger partial charge in [-0.15, -0.1) is 0 Å². The van der Waals surface area contributed by atoms with E-state index in [-0.39, 0.29) is 17.9 Å². The molecule has 0 fully saturated rings. The van der Waals surface area contributed by atoms with E-state index in [0.29, 0.717) is 11.8 Å². The van der Waals surface area contributed by atoms with Gasteiger partial charge in [0.05, 0.1) is 7.11 Å². The van der Waals surface area contributed by atoms with Crippen molar-refractivity contribution >= 4 is 5.97 Å². The maximum atomic E-state index is 11.7. The highest BCUT2D eigenvalue weighted by molar-refractivity contribution is 5.75. The molecule has 0 heterocycles. The SMILES string of the molecule is COC(=O)C(NCC1CC(C)=CC(C)C1)C(C)C. The van der Waals surface area contributed by atoms with Crippen LogP contribution in [0.1, 0.15) is 40.5 Å². The maximum Gasteiger partial charge on any atom is 0.323 e. The third kappa shape index (κ3) is 4.45. The molecular weight excluding hydrogens is 226 g/mol. The highest BCUT2D eigenvalue weighted by atomic mass is 16.5. The van der Waals surface area contributed by atoms with Gasteiger partial charge in [-0.3, -0.25) is 4.79 Å². The molecule has 0 aromatic rings. The van der Waals surface area contributed by atoms with Crippen LogP contribution in [0.2, 0.25) is 0 Å². The number of carbonyl (C=O) groups excluding carboxylic acids is 1. The van der Waals surface area contributed by atoms with Gasteiger partial charge in [-0.25, -0.2) is 0 Å². The fourth-order valence-corrected chi connectivity index (χ4v) is 2.85. The Bertz CT molecular complexity index is 310. The lowest BCUT2D eigenvalue weighted by Gasteiger charge is -2.28. The lowest BCUT2D eigenvalue weighted by atomic mass is 9.83. The molecule has 3 heteroatoms. The van der Waals surface area contributed by atoms with Crippen molar-refractivity contribution in [3.05, 3.63) is 11.6 Å². The molecule has 1 N–H and O–H groups in total. The van der Waals surface area contributed by atoms with Gasteiger partial charge < -0.3 is 10.1 Å². The summed E-state index contributed by atoms with van der Waals surface area (Å²) >= 11 is 0. The zero-order valence-electron chi connectivity index (χ0n) is 12.3. The van der Waals surface area contributed by atoms with Crippen molar-refractivity contribution in [2.24, 2.45) is 17.8 Å². The minimum Gasteiger partial charge on any atom is -0.468 e. The van der Waals surface area contributed by atoms with E-state index in [4.69, 9.17) is 4.74 Å². The second-order valence-corrected chi connectivity index (χ2v) is 5.95. The first-order valence-electron chi connectivity index (χ1n) is 6.92. The summed E-state index contributed by atoms with van der Waals surface area (Å²) in [5.74, 6) is 1.40. The zero-order valence-corrected chi connectivity index (χ0v) is 12.3. The molecule has 0 saturated carbocycles. The van der Waals surface area contributed by atoms with Gasteiger partial charge in [-0.1, -0.05) is 32.4 Å². The van der Waals surface area contributed by atoms with Gasteiger partial charge in [0.25, 0.3) is 0 Å². The van der Waals surface area contributed by atoms with Gasteiger partial charge in [-0.05, 0) is 44.1 Å². The number of esters is 1. The van der Waals surface area contributed by atoms with Crippen molar-refractivity contribution in [2.45, 2.75) is 46.6 Å². The van der Waals surface area contributed by atoms with Crippen LogP contribution in [0.4, 0.5) is 0 Å². The molecule has 1 aliphatic carbocycles. The van der Waals surface area contributed by atoms with Crippen LogP contribution in [0, 0.1) is 17.8 Å². The zero-order chi connectivity index (χ0) is 13.7. The molecule has 0 spiro atoms. The standard InChI is InChI=1S/C15H27NO2/c1-10(2)14(15(17)18-5)16-9-13-7-11(3)6-12(4)8-13/h6,10-11,13-14,16H,7-9H2,1-5H3. The Hall–Kier alpha value is -0.830. The predicted octanol–water partition coefficient (Wildman–Crippen LogP) is 2.77. The average molecular weight is 253 g/mol. The molecule has 0 aliphatic heterocycles. The Kier molecular flexibility index (Phi) is 5.86. The molecule has 0 amide bonds. The molecule has 0 saturated heterocycles. The van der Waals surface area contributed by atoms with Crippen molar-refractivity contribution in [1.82, 2.24) is 5.32 Å². The van der Waals surface area contributed by atoms with E-state index >= 15 is 0 Å². The molecule has 0 radical (unpaired) electrons. The Morgan fingerprint density at radius 2 is 2.22 bits per heavy atom. The summed E-state index contributed by atoms with van der Waals surface area (Å²) < 4.78 is 4.84. The van der Waals surface area contributed by atoms with E-state index in [1.54, 1.807) is 0 Å². The summed E-state index contributed by atoms with van der Waals surface area (Å²) in [4.78, 5) is 11.7. The molecular formula is C15H27NO2. The van der Waals surface area contributed by atoms with Crippen LogP contribution in [0.5, 0.6) is 0 Å². The molecule has 3 atom stereocenters. The minimum absolute atomic E-state index is 0.152. The molecule has 0 bridgehead atoms. The summed E-state index contributed by atoms with van der Waals surface area (Å²) in [6, 6.07) is -0.184. The molecule has 3 nitrogen and oxygen atoms in total. The normalized spacial score (nSPS) is 25.8. The molecule has 1 aliphatic rings. The van der Waals surface area contributed by atoms with Gasteiger partial charge >= 0.3 is 5.97 Å². The van der Waals surface area contributed by atoms with Crippen LogP contribution in [-0.2, 0) is 9.53 Å². The second kappa shape index (κ2) is 6.93. The molecule has 18 heavy (non-hydrogen) atoms. The fourth-order valence-electron chi connectivity index (χ4n) is 2.85. The number of hydrogen-bond donors (Lipinski definition) is 1. The Balaban J connectivity index is 2.48. The Morgan fingerprint density at radius 3 is 2.72 bits per heavy atom. The van der Waals surface area contributed by atoms with Gasteiger partial charge in [0, 0.05) is 0 Å². The lowest BCUT2D eigenvalue weighted by molar-refractivity contribution is -0.144. The van der Waals surface area contributed by atoms with Crippen LogP contribution in [0.15, 0.2) is 11.6 Å². The minimum atomic E-state index is -0.184. The smallest absolute Gasteiger partial charge is 0.323 e. The number of carbonyl (C=O) groups is 1. The van der Waals surface area contributed by atoms with Crippen LogP contribution < -0.4 is 5.32 Å². The summed E-state index contributed by atoms with van der Waals surface area (Å²) in [6.45, 7) is 9.44. The first-order chi connectivity index (χ1) is 8.43. The summed E-state index contributed by atoms with van der Waals surface area (Å²) in [5, 5.41) is 3.38. The first-order valence-corrected chi connectivity index (χ1v) is 6.92. The van der Waals surface area contributed by atoms with Crippen LogP contribution in [0.3, 0.4) is 0 Å². The highest BCUT2D eigenvalue weighted by Crippen LogP contribution is 2.27. The lowest BCUT2D eigenvalue weighted by Crippen LogP contribution is -2.44. The quantitative estimate of drug-likeness (QED) is 0.605. The molecule has 1 rings (SSSR count). The van der Waals surface area contributed by atoms with Gasteiger partial charge in [0.2, 0.25) is 0 Å². The third-order valence-electron chi connectivity index (χ3n) is 3.63. The number of allylic oxidation sites excluding steroid dienone is 2. The Morgan fingerprint density at radius 1 is 1.56 bits per heavy atom. The van der Waals surface area contributed by atoms with Crippen molar-refractivity contribution < 1.29 is 9.53 Å². The third-order valence-corrected chi connectivity index (χ3v) is 3.63. The number of rotatable bonds is 5. The van der Waals surface area contributed by atoms with E-state index in [2.05, 4.69) is 25.2 Å². The highest BCUT2D eigenvalue weighted by Gasteiger charge is 2.25.